The normalized spacial score (nSPS) is 10.4. The molecule has 1 aromatic carbocycles. The van der Waals surface area contributed by atoms with Crippen LogP contribution in [0.2, 0.25) is 0 Å². The molecule has 0 unspecified atom stereocenters. The highest BCUT2D eigenvalue weighted by Crippen LogP contribution is 2.24. The fraction of sp³-hybridized carbons (Fsp3) is 0.286. The van der Waals surface area contributed by atoms with Crippen molar-refractivity contribution < 1.29 is 4.79 Å². The van der Waals surface area contributed by atoms with Crippen molar-refractivity contribution in [1.82, 2.24) is 10.3 Å². The number of carbonyl (C=O) groups is 1. The molecule has 3 N–H and O–H groups in total. The van der Waals surface area contributed by atoms with Crippen molar-refractivity contribution in [3.63, 3.8) is 0 Å². The van der Waals surface area contributed by atoms with Crippen molar-refractivity contribution >= 4 is 17.2 Å². The Morgan fingerprint density at radius 2 is 2.05 bits per heavy atom. The van der Waals surface area contributed by atoms with Crippen LogP contribution in [-0.4, -0.2) is 24.0 Å². The Morgan fingerprint density at radius 3 is 2.79 bits per heavy atom. The summed E-state index contributed by atoms with van der Waals surface area (Å²) in [4.78, 5) is 16.8. The number of hydrogen-bond acceptors (Lipinski definition) is 4. The molecule has 0 saturated carbocycles. The van der Waals surface area contributed by atoms with E-state index in [1.54, 1.807) is 6.20 Å². The van der Waals surface area contributed by atoms with Gasteiger partial charge in [0.2, 0.25) is 0 Å². The molecule has 100 valence electrons. The van der Waals surface area contributed by atoms with Crippen LogP contribution in [0.4, 0.5) is 0 Å². The smallest absolute Gasteiger partial charge is 0.263 e. The monoisotopic (exact) mass is 275 g/mol. The molecule has 0 aliphatic carbocycles. The average molecular weight is 275 g/mol. The van der Waals surface area contributed by atoms with E-state index in [9.17, 15) is 4.79 Å². The Hall–Kier alpha value is -1.72. The van der Waals surface area contributed by atoms with Gasteiger partial charge >= 0.3 is 0 Å². The van der Waals surface area contributed by atoms with Crippen molar-refractivity contribution in [3.05, 3.63) is 41.4 Å². The quantitative estimate of drug-likeness (QED) is 0.795. The number of rotatable bonds is 6. The van der Waals surface area contributed by atoms with E-state index in [1.165, 1.54) is 11.3 Å². The number of nitrogens with one attached hydrogen (secondary N) is 1. The molecule has 0 saturated heterocycles. The first-order chi connectivity index (χ1) is 9.31. The molecule has 5 heteroatoms. The van der Waals surface area contributed by atoms with E-state index >= 15 is 0 Å². The van der Waals surface area contributed by atoms with E-state index in [-0.39, 0.29) is 5.91 Å². The highest BCUT2D eigenvalue weighted by molar-refractivity contribution is 7.16. The minimum Gasteiger partial charge on any atom is -0.351 e. The molecular formula is C14H17N3OS. The number of aromatic nitrogens is 1. The van der Waals surface area contributed by atoms with Gasteiger partial charge in [0, 0.05) is 12.1 Å². The number of thiazole rings is 1. The lowest BCUT2D eigenvalue weighted by molar-refractivity contribution is 0.0957. The first-order valence-electron chi connectivity index (χ1n) is 6.31. The summed E-state index contributed by atoms with van der Waals surface area (Å²) >= 11 is 1.41. The van der Waals surface area contributed by atoms with E-state index in [1.807, 2.05) is 30.3 Å². The minimum atomic E-state index is -0.0586. The molecule has 19 heavy (non-hydrogen) atoms. The Bertz CT molecular complexity index is 524. The van der Waals surface area contributed by atoms with Crippen LogP contribution < -0.4 is 11.1 Å². The molecule has 1 heterocycles. The van der Waals surface area contributed by atoms with E-state index < -0.39 is 0 Å². The van der Waals surface area contributed by atoms with Crippen LogP contribution in [0.3, 0.4) is 0 Å². The van der Waals surface area contributed by atoms with Gasteiger partial charge in [0.15, 0.2) is 0 Å². The predicted octanol–water partition coefficient (Wildman–Crippen LogP) is 2.28. The Balaban J connectivity index is 1.95. The zero-order valence-corrected chi connectivity index (χ0v) is 11.5. The maximum Gasteiger partial charge on any atom is 0.263 e. The number of hydrogen-bond donors (Lipinski definition) is 2. The van der Waals surface area contributed by atoms with Crippen molar-refractivity contribution in [2.24, 2.45) is 5.73 Å². The highest BCUT2D eigenvalue weighted by Gasteiger charge is 2.10. The molecule has 0 bridgehead atoms. The van der Waals surface area contributed by atoms with Crippen LogP contribution in [0.1, 0.15) is 22.5 Å². The van der Waals surface area contributed by atoms with E-state index in [2.05, 4.69) is 10.3 Å². The van der Waals surface area contributed by atoms with Gasteiger partial charge in [-0.1, -0.05) is 30.3 Å². The summed E-state index contributed by atoms with van der Waals surface area (Å²) in [6, 6.07) is 9.86. The Morgan fingerprint density at radius 1 is 1.26 bits per heavy atom. The zero-order chi connectivity index (χ0) is 13.5. The van der Waals surface area contributed by atoms with Crippen molar-refractivity contribution in [1.29, 1.82) is 0 Å². The fourth-order valence-corrected chi connectivity index (χ4v) is 2.49. The Labute approximate surface area is 116 Å². The van der Waals surface area contributed by atoms with Gasteiger partial charge in [-0.3, -0.25) is 4.79 Å². The van der Waals surface area contributed by atoms with Crippen molar-refractivity contribution in [2.45, 2.75) is 12.8 Å². The van der Waals surface area contributed by atoms with Crippen LogP contribution >= 0.6 is 11.3 Å². The van der Waals surface area contributed by atoms with E-state index in [0.29, 0.717) is 18.0 Å². The van der Waals surface area contributed by atoms with Crippen molar-refractivity contribution in [2.75, 3.05) is 13.1 Å². The molecule has 0 aliphatic heterocycles. The molecule has 1 aromatic heterocycles. The number of nitrogens with two attached hydrogens (primary N) is 1. The first kappa shape index (κ1) is 13.7. The number of nitrogens with zero attached hydrogens (tertiary/aromatic N) is 1. The van der Waals surface area contributed by atoms with Gasteiger partial charge in [-0.15, -0.1) is 11.3 Å². The standard InChI is InChI=1S/C14H17N3OS/c15-8-4-5-9-16-13(18)12-10-17-14(19-12)11-6-2-1-3-7-11/h1-3,6-7,10H,4-5,8-9,15H2,(H,16,18). The lowest BCUT2D eigenvalue weighted by Crippen LogP contribution is -2.23. The number of amides is 1. The fourth-order valence-electron chi connectivity index (χ4n) is 1.65. The molecule has 2 rings (SSSR count). The summed E-state index contributed by atoms with van der Waals surface area (Å²) in [6.45, 7) is 1.32. The number of carbonyl (C=O) groups excluding carboxylic acids is 1. The van der Waals surface area contributed by atoms with Gasteiger partial charge in [-0.05, 0) is 19.4 Å². The van der Waals surface area contributed by atoms with Crippen LogP contribution in [0.5, 0.6) is 0 Å². The van der Waals surface area contributed by atoms with Gasteiger partial charge in [0.05, 0.1) is 6.20 Å². The van der Waals surface area contributed by atoms with Crippen molar-refractivity contribution in [3.8, 4) is 10.6 Å². The van der Waals surface area contributed by atoms with Gasteiger partial charge in [-0.25, -0.2) is 4.98 Å². The zero-order valence-electron chi connectivity index (χ0n) is 10.6. The molecule has 4 nitrogen and oxygen atoms in total. The summed E-state index contributed by atoms with van der Waals surface area (Å²) in [5.41, 5.74) is 6.44. The molecular weight excluding hydrogens is 258 g/mol. The molecule has 0 atom stereocenters. The molecule has 2 aromatic rings. The maximum absolute atomic E-state index is 11.9. The molecule has 0 aliphatic rings. The van der Waals surface area contributed by atoms with Crippen LogP contribution in [0.15, 0.2) is 36.5 Å². The summed E-state index contributed by atoms with van der Waals surface area (Å²) in [5.74, 6) is -0.0586. The average Bonchev–Trinajstić information content (AvgIpc) is 2.94. The minimum absolute atomic E-state index is 0.0586. The second kappa shape index (κ2) is 7.01. The second-order valence-corrected chi connectivity index (χ2v) is 5.18. The Kier molecular flexibility index (Phi) is 5.06. The summed E-state index contributed by atoms with van der Waals surface area (Å²) < 4.78 is 0. The third kappa shape index (κ3) is 3.87. The number of benzene rings is 1. The topological polar surface area (TPSA) is 68.0 Å². The summed E-state index contributed by atoms with van der Waals surface area (Å²) in [7, 11) is 0. The van der Waals surface area contributed by atoms with Gasteiger partial charge in [0.1, 0.15) is 9.88 Å². The summed E-state index contributed by atoms with van der Waals surface area (Å²) in [6.07, 6.45) is 3.47. The van der Waals surface area contributed by atoms with Crippen LogP contribution in [-0.2, 0) is 0 Å². The largest absolute Gasteiger partial charge is 0.351 e. The summed E-state index contributed by atoms with van der Waals surface area (Å²) in [5, 5.41) is 3.74. The van der Waals surface area contributed by atoms with E-state index in [0.717, 1.165) is 23.4 Å². The lowest BCUT2D eigenvalue weighted by Gasteiger charge is -2.01. The van der Waals surface area contributed by atoms with Crippen LogP contribution in [0.25, 0.3) is 10.6 Å². The number of unbranched alkanes of at least 4 members (excludes halogenated alkanes) is 1. The van der Waals surface area contributed by atoms with Gasteiger partial charge in [-0.2, -0.15) is 0 Å². The third-order valence-corrected chi connectivity index (χ3v) is 3.71. The SMILES string of the molecule is NCCCCNC(=O)c1cnc(-c2ccccc2)s1. The van der Waals surface area contributed by atoms with Crippen LogP contribution in [0, 0.1) is 0 Å². The maximum atomic E-state index is 11.9. The predicted molar refractivity (Wildman–Crippen MR) is 78.2 cm³/mol. The molecule has 0 spiro atoms. The van der Waals surface area contributed by atoms with Gasteiger partial charge < -0.3 is 11.1 Å². The molecule has 0 radical (unpaired) electrons. The van der Waals surface area contributed by atoms with E-state index in [4.69, 9.17) is 5.73 Å². The molecule has 0 fully saturated rings. The van der Waals surface area contributed by atoms with Gasteiger partial charge in [0.25, 0.3) is 5.91 Å². The third-order valence-electron chi connectivity index (χ3n) is 2.67. The molecule has 1 amide bonds. The second-order valence-electron chi connectivity index (χ2n) is 4.15. The lowest BCUT2D eigenvalue weighted by atomic mass is 10.2. The first-order valence-corrected chi connectivity index (χ1v) is 7.12. The highest BCUT2D eigenvalue weighted by atomic mass is 32.1.